The smallest absolute Gasteiger partial charge is 0.239 e. The number of hydrogen-bond donors (Lipinski definition) is 1. The van der Waals surface area contributed by atoms with Gasteiger partial charge in [0, 0.05) is 32.7 Å². The predicted molar refractivity (Wildman–Crippen MR) is 147 cm³/mol. The number of aryl methyl sites for hydroxylation is 1. The number of carbonyl (C=O) groups is 1. The van der Waals surface area contributed by atoms with E-state index in [4.69, 9.17) is 33.7 Å². The van der Waals surface area contributed by atoms with Crippen LogP contribution in [0.25, 0.3) is 0 Å². The summed E-state index contributed by atoms with van der Waals surface area (Å²) >= 11 is 12.5. The zero-order valence-corrected chi connectivity index (χ0v) is 21.9. The van der Waals surface area contributed by atoms with Crippen molar-refractivity contribution in [1.29, 1.82) is 0 Å². The minimum absolute atomic E-state index is 0.00308. The lowest BCUT2D eigenvalue weighted by molar-refractivity contribution is -0.134. The average Bonchev–Trinajstić information content (AvgIpc) is 2.91. The van der Waals surface area contributed by atoms with Gasteiger partial charge in [-0.2, -0.15) is 0 Å². The molecule has 5 nitrogen and oxygen atoms in total. The number of piperazine rings is 1. The van der Waals surface area contributed by atoms with E-state index in [2.05, 4.69) is 29.2 Å². The van der Waals surface area contributed by atoms with Gasteiger partial charge in [0.1, 0.15) is 5.75 Å². The maximum absolute atomic E-state index is 12.9. The van der Waals surface area contributed by atoms with Gasteiger partial charge in [-0.1, -0.05) is 77.8 Å². The van der Waals surface area contributed by atoms with Crippen LogP contribution in [-0.2, 0) is 24.2 Å². The Bertz CT molecular complexity index is 1120. The summed E-state index contributed by atoms with van der Waals surface area (Å²) in [5, 5.41) is 1.17. The van der Waals surface area contributed by atoms with Crippen molar-refractivity contribution in [3.05, 3.63) is 99.5 Å². The maximum atomic E-state index is 12.9. The Morgan fingerprint density at radius 1 is 0.889 bits per heavy atom. The second-order valence-corrected chi connectivity index (χ2v) is 9.99. The van der Waals surface area contributed by atoms with Crippen molar-refractivity contribution >= 4 is 29.1 Å². The van der Waals surface area contributed by atoms with Gasteiger partial charge in [-0.05, 0) is 54.2 Å². The lowest BCUT2D eigenvalue weighted by Gasteiger charge is -2.36. The molecule has 1 heterocycles. The summed E-state index contributed by atoms with van der Waals surface area (Å²) in [7, 11) is 0. The molecule has 1 fully saturated rings. The Balaban J connectivity index is 1.18. The molecule has 1 atom stereocenters. The molecule has 190 valence electrons. The zero-order valence-electron chi connectivity index (χ0n) is 20.4. The molecule has 0 radical (unpaired) electrons. The molecule has 1 saturated heterocycles. The number of hydrogen-bond acceptors (Lipinski definition) is 4. The minimum atomic E-state index is -0.559. The van der Waals surface area contributed by atoms with E-state index in [0.717, 1.165) is 42.8 Å². The largest absolute Gasteiger partial charge is 0.494 e. The Hall–Kier alpha value is -2.57. The number of ether oxygens (including phenoxy) is 1. The van der Waals surface area contributed by atoms with Gasteiger partial charge in [0.2, 0.25) is 5.91 Å². The standard InChI is InChI=1S/C29H33Cl2N3O2/c30-26-10-4-9-24(28(26)31)21-33-15-17-34(18-16-33)29(35)27(32)20-23-11-13-25(14-12-23)36-19-5-8-22-6-2-1-3-7-22/h1-4,6-7,9-14,27H,5,8,15-21,32H2/t27-/m0/s1. The van der Waals surface area contributed by atoms with Gasteiger partial charge in [-0.25, -0.2) is 0 Å². The van der Waals surface area contributed by atoms with Crippen LogP contribution in [0.4, 0.5) is 0 Å². The second-order valence-electron chi connectivity index (χ2n) is 9.21. The third-order valence-corrected chi connectivity index (χ3v) is 7.39. The molecular formula is C29H33Cl2N3O2. The van der Waals surface area contributed by atoms with Crippen molar-refractivity contribution in [3.63, 3.8) is 0 Å². The van der Waals surface area contributed by atoms with Crippen molar-refractivity contribution in [2.24, 2.45) is 5.73 Å². The molecule has 0 saturated carbocycles. The highest BCUT2D eigenvalue weighted by molar-refractivity contribution is 6.42. The molecule has 1 aliphatic heterocycles. The topological polar surface area (TPSA) is 58.8 Å². The highest BCUT2D eigenvalue weighted by atomic mass is 35.5. The van der Waals surface area contributed by atoms with E-state index in [9.17, 15) is 4.79 Å². The van der Waals surface area contributed by atoms with E-state index in [1.54, 1.807) is 6.07 Å². The van der Waals surface area contributed by atoms with Crippen LogP contribution in [0.2, 0.25) is 10.0 Å². The molecule has 0 spiro atoms. The summed E-state index contributed by atoms with van der Waals surface area (Å²) in [4.78, 5) is 17.1. The molecule has 0 unspecified atom stereocenters. The van der Waals surface area contributed by atoms with E-state index in [1.807, 2.05) is 47.4 Å². The van der Waals surface area contributed by atoms with Gasteiger partial charge in [0.05, 0.1) is 22.7 Å². The Kier molecular flexibility index (Phi) is 9.65. The number of rotatable bonds is 10. The summed E-state index contributed by atoms with van der Waals surface area (Å²) in [6.07, 6.45) is 2.47. The van der Waals surface area contributed by atoms with E-state index < -0.39 is 6.04 Å². The molecule has 4 rings (SSSR count). The fourth-order valence-corrected chi connectivity index (χ4v) is 4.83. The lowest BCUT2D eigenvalue weighted by atomic mass is 10.0. The predicted octanol–water partition coefficient (Wildman–Crippen LogP) is 5.22. The normalized spacial score (nSPS) is 15.0. The number of carbonyl (C=O) groups excluding carboxylic acids is 1. The van der Waals surface area contributed by atoms with Crippen LogP contribution in [0.5, 0.6) is 5.75 Å². The minimum Gasteiger partial charge on any atom is -0.494 e. The molecule has 1 amide bonds. The van der Waals surface area contributed by atoms with Crippen LogP contribution in [0.15, 0.2) is 72.8 Å². The quantitative estimate of drug-likeness (QED) is 0.368. The Labute approximate surface area is 223 Å². The van der Waals surface area contributed by atoms with Gasteiger partial charge in [0.15, 0.2) is 0 Å². The van der Waals surface area contributed by atoms with Crippen molar-refractivity contribution in [3.8, 4) is 5.75 Å². The first-order valence-corrected chi connectivity index (χ1v) is 13.2. The maximum Gasteiger partial charge on any atom is 0.239 e. The molecule has 1 aliphatic rings. The van der Waals surface area contributed by atoms with E-state index in [-0.39, 0.29) is 5.91 Å². The molecule has 0 aromatic heterocycles. The molecule has 3 aromatic carbocycles. The second kappa shape index (κ2) is 13.1. The molecule has 36 heavy (non-hydrogen) atoms. The van der Waals surface area contributed by atoms with Crippen molar-refractivity contribution in [1.82, 2.24) is 9.80 Å². The fraction of sp³-hybridized carbons (Fsp3) is 0.345. The van der Waals surface area contributed by atoms with Gasteiger partial charge in [-0.3, -0.25) is 9.69 Å². The Morgan fingerprint density at radius 2 is 1.61 bits per heavy atom. The first-order valence-electron chi connectivity index (χ1n) is 12.4. The summed E-state index contributed by atoms with van der Waals surface area (Å²) in [6.45, 7) is 4.24. The molecule has 7 heteroatoms. The first-order chi connectivity index (χ1) is 17.5. The number of benzene rings is 3. The summed E-state index contributed by atoms with van der Waals surface area (Å²) in [6, 6.07) is 23.4. The molecular weight excluding hydrogens is 493 g/mol. The third-order valence-electron chi connectivity index (χ3n) is 6.53. The molecule has 0 aliphatic carbocycles. The van der Waals surface area contributed by atoms with Gasteiger partial charge in [-0.15, -0.1) is 0 Å². The number of amides is 1. The van der Waals surface area contributed by atoms with Crippen LogP contribution >= 0.6 is 23.2 Å². The third kappa shape index (κ3) is 7.47. The summed E-state index contributed by atoms with van der Waals surface area (Å²) in [5.41, 5.74) is 9.65. The highest BCUT2D eigenvalue weighted by Gasteiger charge is 2.25. The van der Waals surface area contributed by atoms with Crippen LogP contribution in [0, 0.1) is 0 Å². The van der Waals surface area contributed by atoms with Crippen LogP contribution in [0.1, 0.15) is 23.1 Å². The highest BCUT2D eigenvalue weighted by Crippen LogP contribution is 2.26. The van der Waals surface area contributed by atoms with Crippen LogP contribution in [-0.4, -0.2) is 54.5 Å². The number of nitrogens with two attached hydrogens (primary N) is 1. The number of nitrogens with zero attached hydrogens (tertiary/aromatic N) is 2. The van der Waals surface area contributed by atoms with Crippen LogP contribution in [0.3, 0.4) is 0 Å². The van der Waals surface area contributed by atoms with E-state index in [1.165, 1.54) is 5.56 Å². The molecule has 3 aromatic rings. The van der Waals surface area contributed by atoms with Crippen molar-refractivity contribution in [2.45, 2.75) is 31.8 Å². The fourth-order valence-electron chi connectivity index (χ4n) is 4.45. The average molecular weight is 527 g/mol. The first kappa shape index (κ1) is 26.5. The SMILES string of the molecule is N[C@@H](Cc1ccc(OCCCc2ccccc2)cc1)C(=O)N1CCN(Cc2cccc(Cl)c2Cl)CC1. The van der Waals surface area contributed by atoms with Gasteiger partial charge in [0.25, 0.3) is 0 Å². The summed E-state index contributed by atoms with van der Waals surface area (Å²) < 4.78 is 5.87. The van der Waals surface area contributed by atoms with Crippen molar-refractivity contribution in [2.75, 3.05) is 32.8 Å². The monoisotopic (exact) mass is 525 g/mol. The summed E-state index contributed by atoms with van der Waals surface area (Å²) in [5.74, 6) is 0.833. The van der Waals surface area contributed by atoms with E-state index in [0.29, 0.717) is 42.7 Å². The molecule has 2 N–H and O–H groups in total. The molecule has 0 bridgehead atoms. The Morgan fingerprint density at radius 3 is 2.33 bits per heavy atom. The van der Waals surface area contributed by atoms with Crippen molar-refractivity contribution < 1.29 is 9.53 Å². The number of halogens is 2. The zero-order chi connectivity index (χ0) is 25.3. The van der Waals surface area contributed by atoms with Crippen LogP contribution < -0.4 is 10.5 Å². The van der Waals surface area contributed by atoms with E-state index >= 15 is 0 Å². The van der Waals surface area contributed by atoms with Gasteiger partial charge >= 0.3 is 0 Å². The van der Waals surface area contributed by atoms with Gasteiger partial charge < -0.3 is 15.4 Å². The lowest BCUT2D eigenvalue weighted by Crippen LogP contribution is -2.53.